The topological polar surface area (TPSA) is 70.6 Å². The maximum atomic E-state index is 11.9. The van der Waals surface area contributed by atoms with Gasteiger partial charge in [0, 0.05) is 18.8 Å². The van der Waals surface area contributed by atoms with E-state index in [0.717, 1.165) is 0 Å². The number of nitrogens with one attached hydrogen (secondary N) is 2. The molecule has 0 unspecified atom stereocenters. The first-order chi connectivity index (χ1) is 8.61. The van der Waals surface area contributed by atoms with Gasteiger partial charge in [-0.05, 0) is 30.7 Å². The lowest BCUT2D eigenvalue weighted by atomic mass is 10.3. The number of ether oxygens (including phenoxy) is 1. The highest BCUT2D eigenvalue weighted by Gasteiger charge is 2.04. The molecule has 7 heteroatoms. The van der Waals surface area contributed by atoms with Crippen LogP contribution in [0.1, 0.15) is 6.42 Å². The van der Waals surface area contributed by atoms with E-state index >= 15 is 0 Å². The highest BCUT2D eigenvalue weighted by atomic mass is 19.3. The first-order valence-corrected chi connectivity index (χ1v) is 5.32. The van der Waals surface area contributed by atoms with Crippen molar-refractivity contribution in [2.24, 2.45) is 0 Å². The van der Waals surface area contributed by atoms with E-state index < -0.39 is 12.6 Å². The molecule has 0 saturated carbocycles. The lowest BCUT2D eigenvalue weighted by Crippen LogP contribution is -2.29. The molecule has 100 valence electrons. The molecule has 0 heterocycles. The number of rotatable bonds is 6. The van der Waals surface area contributed by atoms with E-state index in [2.05, 4.69) is 15.4 Å². The Bertz CT molecular complexity index is 371. The van der Waals surface area contributed by atoms with Crippen LogP contribution in [-0.4, -0.2) is 30.9 Å². The van der Waals surface area contributed by atoms with Gasteiger partial charge < -0.3 is 20.5 Å². The molecule has 1 aromatic rings. The summed E-state index contributed by atoms with van der Waals surface area (Å²) in [5, 5.41) is 13.5. The second-order valence-electron chi connectivity index (χ2n) is 3.36. The Morgan fingerprint density at radius 3 is 2.56 bits per heavy atom. The predicted molar refractivity (Wildman–Crippen MR) is 61.8 cm³/mol. The van der Waals surface area contributed by atoms with E-state index in [1.54, 1.807) is 0 Å². The minimum atomic E-state index is -2.87. The van der Waals surface area contributed by atoms with Gasteiger partial charge in [0.25, 0.3) is 0 Å². The maximum absolute atomic E-state index is 11.9. The van der Waals surface area contributed by atoms with Crippen molar-refractivity contribution >= 4 is 11.7 Å². The van der Waals surface area contributed by atoms with Gasteiger partial charge in [-0.25, -0.2) is 4.79 Å². The van der Waals surface area contributed by atoms with Crippen LogP contribution in [0.5, 0.6) is 5.75 Å². The Morgan fingerprint density at radius 2 is 2.00 bits per heavy atom. The van der Waals surface area contributed by atoms with Crippen LogP contribution in [-0.2, 0) is 0 Å². The number of hydrogen-bond donors (Lipinski definition) is 3. The summed E-state index contributed by atoms with van der Waals surface area (Å²) in [6.45, 7) is -2.51. The summed E-state index contributed by atoms with van der Waals surface area (Å²) < 4.78 is 27.9. The first kappa shape index (κ1) is 14.2. The van der Waals surface area contributed by atoms with Crippen LogP contribution in [0.25, 0.3) is 0 Å². The van der Waals surface area contributed by atoms with E-state index in [-0.39, 0.29) is 12.4 Å². The van der Waals surface area contributed by atoms with Crippen molar-refractivity contribution in [2.45, 2.75) is 13.0 Å². The van der Waals surface area contributed by atoms with Crippen molar-refractivity contribution in [3.63, 3.8) is 0 Å². The molecule has 0 aliphatic heterocycles. The number of aliphatic hydroxyl groups excluding tert-OH is 1. The molecular formula is C11H14F2N2O3. The molecule has 1 aromatic carbocycles. The van der Waals surface area contributed by atoms with Gasteiger partial charge in [0.2, 0.25) is 0 Å². The molecule has 0 atom stereocenters. The summed E-state index contributed by atoms with van der Waals surface area (Å²) in [5.74, 6) is 0.0243. The van der Waals surface area contributed by atoms with Crippen LogP contribution >= 0.6 is 0 Å². The zero-order chi connectivity index (χ0) is 13.4. The Morgan fingerprint density at radius 1 is 1.33 bits per heavy atom. The Kier molecular flexibility index (Phi) is 5.86. The van der Waals surface area contributed by atoms with E-state index in [1.165, 1.54) is 24.3 Å². The number of amides is 2. The number of anilines is 1. The third kappa shape index (κ3) is 5.44. The van der Waals surface area contributed by atoms with Gasteiger partial charge in [-0.3, -0.25) is 0 Å². The monoisotopic (exact) mass is 260 g/mol. The first-order valence-electron chi connectivity index (χ1n) is 5.32. The molecule has 5 nitrogen and oxygen atoms in total. The van der Waals surface area contributed by atoms with Crippen molar-refractivity contribution in [1.29, 1.82) is 0 Å². The smallest absolute Gasteiger partial charge is 0.387 e. The van der Waals surface area contributed by atoms with Crippen molar-refractivity contribution in [3.05, 3.63) is 24.3 Å². The number of hydrogen-bond acceptors (Lipinski definition) is 3. The summed E-state index contributed by atoms with van der Waals surface area (Å²) in [4.78, 5) is 11.3. The molecule has 0 radical (unpaired) electrons. The van der Waals surface area contributed by atoms with Crippen molar-refractivity contribution in [3.8, 4) is 5.75 Å². The highest BCUT2D eigenvalue weighted by molar-refractivity contribution is 5.89. The fourth-order valence-electron chi connectivity index (χ4n) is 1.18. The highest BCUT2D eigenvalue weighted by Crippen LogP contribution is 2.17. The number of alkyl halides is 2. The standard InChI is InChI=1S/C11H14F2N2O3/c12-10(13)18-9-4-2-8(3-5-9)15-11(17)14-6-1-7-16/h2-5,10,16H,1,6-7H2,(H2,14,15,17). The van der Waals surface area contributed by atoms with Crippen molar-refractivity contribution in [2.75, 3.05) is 18.5 Å². The Balaban J connectivity index is 2.40. The average molecular weight is 260 g/mol. The Hall–Kier alpha value is -1.89. The average Bonchev–Trinajstić information content (AvgIpc) is 2.31. The van der Waals surface area contributed by atoms with E-state index in [0.29, 0.717) is 18.7 Å². The summed E-state index contributed by atoms with van der Waals surface area (Å²) in [7, 11) is 0. The fourth-order valence-corrected chi connectivity index (χ4v) is 1.18. The van der Waals surface area contributed by atoms with Gasteiger partial charge in [0.1, 0.15) is 5.75 Å². The van der Waals surface area contributed by atoms with Gasteiger partial charge >= 0.3 is 12.6 Å². The lowest BCUT2D eigenvalue weighted by molar-refractivity contribution is -0.0498. The zero-order valence-electron chi connectivity index (χ0n) is 9.53. The van der Waals surface area contributed by atoms with Crippen molar-refractivity contribution < 1.29 is 23.4 Å². The third-order valence-electron chi connectivity index (χ3n) is 1.96. The molecule has 1 rings (SSSR count). The van der Waals surface area contributed by atoms with Crippen LogP contribution in [0.4, 0.5) is 19.3 Å². The number of aliphatic hydroxyl groups is 1. The van der Waals surface area contributed by atoms with Crippen LogP contribution in [0.3, 0.4) is 0 Å². The van der Waals surface area contributed by atoms with Crippen LogP contribution in [0, 0.1) is 0 Å². The molecule has 0 aliphatic rings. The van der Waals surface area contributed by atoms with E-state index in [9.17, 15) is 13.6 Å². The molecule has 0 spiro atoms. The summed E-state index contributed by atoms with van der Waals surface area (Å²) in [5.41, 5.74) is 0.457. The number of halogens is 2. The van der Waals surface area contributed by atoms with Gasteiger partial charge in [-0.15, -0.1) is 0 Å². The number of urea groups is 1. The summed E-state index contributed by atoms with van der Waals surface area (Å²) in [6, 6.07) is 5.13. The second kappa shape index (κ2) is 7.44. The van der Waals surface area contributed by atoms with Gasteiger partial charge in [0.15, 0.2) is 0 Å². The van der Waals surface area contributed by atoms with Crippen LogP contribution < -0.4 is 15.4 Å². The zero-order valence-corrected chi connectivity index (χ0v) is 9.53. The minimum Gasteiger partial charge on any atom is -0.435 e. The fraction of sp³-hybridized carbons (Fsp3) is 0.364. The Labute approximate surface area is 103 Å². The molecular weight excluding hydrogens is 246 g/mol. The van der Waals surface area contributed by atoms with Crippen LogP contribution in [0.15, 0.2) is 24.3 Å². The minimum absolute atomic E-state index is 0.0000555. The molecule has 0 saturated heterocycles. The lowest BCUT2D eigenvalue weighted by Gasteiger charge is -2.08. The van der Waals surface area contributed by atoms with Gasteiger partial charge in [-0.2, -0.15) is 8.78 Å². The van der Waals surface area contributed by atoms with Crippen molar-refractivity contribution in [1.82, 2.24) is 5.32 Å². The largest absolute Gasteiger partial charge is 0.435 e. The SMILES string of the molecule is O=C(NCCCO)Nc1ccc(OC(F)F)cc1. The third-order valence-corrected chi connectivity index (χ3v) is 1.96. The summed E-state index contributed by atoms with van der Waals surface area (Å²) >= 11 is 0. The number of carbonyl (C=O) groups is 1. The molecule has 0 aromatic heterocycles. The van der Waals surface area contributed by atoms with Gasteiger partial charge in [0.05, 0.1) is 0 Å². The summed E-state index contributed by atoms with van der Waals surface area (Å²) in [6.07, 6.45) is 0.467. The quantitative estimate of drug-likeness (QED) is 0.683. The predicted octanol–water partition coefficient (Wildman–Crippen LogP) is 1.79. The van der Waals surface area contributed by atoms with E-state index in [4.69, 9.17) is 5.11 Å². The molecule has 18 heavy (non-hydrogen) atoms. The normalized spacial score (nSPS) is 10.2. The molecule has 0 bridgehead atoms. The number of carbonyl (C=O) groups excluding carboxylic acids is 1. The second-order valence-corrected chi connectivity index (χ2v) is 3.36. The van der Waals surface area contributed by atoms with E-state index in [1.807, 2.05) is 0 Å². The molecule has 0 aliphatic carbocycles. The molecule has 2 amide bonds. The molecule has 3 N–H and O–H groups in total. The van der Waals surface area contributed by atoms with Crippen LogP contribution in [0.2, 0.25) is 0 Å². The maximum Gasteiger partial charge on any atom is 0.387 e. The molecule has 0 fully saturated rings. The number of benzene rings is 1. The van der Waals surface area contributed by atoms with Gasteiger partial charge in [-0.1, -0.05) is 0 Å².